The molecule has 1 heterocycles. The van der Waals surface area contributed by atoms with Gasteiger partial charge in [0.05, 0.1) is 15.5 Å². The third-order valence-electron chi connectivity index (χ3n) is 4.09. The molecule has 0 fully saturated rings. The van der Waals surface area contributed by atoms with Crippen LogP contribution < -0.4 is 0 Å². The van der Waals surface area contributed by atoms with Gasteiger partial charge in [0.15, 0.2) is 5.84 Å². The number of non-ortho nitro benzene ring substituents is 1. The van der Waals surface area contributed by atoms with Gasteiger partial charge in [0, 0.05) is 37.0 Å². The van der Waals surface area contributed by atoms with Gasteiger partial charge in [-0.15, -0.1) is 0 Å². The zero-order valence-corrected chi connectivity index (χ0v) is 15.2. The molecule has 3 rings (SSSR count). The molecule has 0 saturated carbocycles. The second-order valence-corrected chi connectivity index (χ2v) is 5.87. The number of amidine groups is 1. The maximum atomic E-state index is 11.2. The van der Waals surface area contributed by atoms with Gasteiger partial charge in [0.25, 0.3) is 11.4 Å². The van der Waals surface area contributed by atoms with E-state index in [0.717, 1.165) is 5.06 Å². The van der Waals surface area contributed by atoms with Crippen LogP contribution >= 0.6 is 0 Å². The molecule has 29 heavy (non-hydrogen) atoms. The maximum Gasteiger partial charge on any atom is 0.294 e. The molecule has 0 spiro atoms. The van der Waals surface area contributed by atoms with Crippen LogP contribution in [0.4, 0.5) is 5.69 Å². The van der Waals surface area contributed by atoms with E-state index in [1.165, 1.54) is 49.7 Å². The minimum absolute atomic E-state index is 0.113. The highest BCUT2D eigenvalue weighted by molar-refractivity contribution is 6.08. The van der Waals surface area contributed by atoms with Gasteiger partial charge in [0.2, 0.25) is 0 Å². The van der Waals surface area contributed by atoms with Gasteiger partial charge in [0.1, 0.15) is 5.71 Å². The van der Waals surface area contributed by atoms with Crippen LogP contribution in [0.3, 0.4) is 0 Å². The van der Waals surface area contributed by atoms with Gasteiger partial charge in [-0.1, -0.05) is 24.3 Å². The topological polar surface area (TPSA) is 134 Å². The van der Waals surface area contributed by atoms with E-state index < -0.39 is 9.85 Å². The first-order valence-corrected chi connectivity index (χ1v) is 8.32. The zero-order valence-electron chi connectivity index (χ0n) is 15.2. The monoisotopic (exact) mass is 393 g/mol. The molecule has 0 aromatic heterocycles. The summed E-state index contributed by atoms with van der Waals surface area (Å²) in [5.74, 6) is 0.113. The van der Waals surface area contributed by atoms with E-state index in [4.69, 9.17) is 0 Å². The molecule has 0 saturated heterocycles. The predicted molar refractivity (Wildman–Crippen MR) is 106 cm³/mol. The number of aliphatic imine (C=N–C) groups is 2. The first-order valence-electron chi connectivity index (χ1n) is 8.32. The van der Waals surface area contributed by atoms with E-state index in [0.29, 0.717) is 16.8 Å². The molecule has 10 nitrogen and oxygen atoms in total. The number of hydrogen-bond acceptors (Lipinski definition) is 8. The number of hydroxylamine groups is 2. The lowest BCUT2D eigenvalue weighted by Crippen LogP contribution is -2.28. The van der Waals surface area contributed by atoms with Crippen LogP contribution in [0.15, 0.2) is 93.9 Å². The molecule has 0 radical (unpaired) electrons. The molecule has 2 aliphatic rings. The van der Waals surface area contributed by atoms with Crippen molar-refractivity contribution in [1.29, 1.82) is 0 Å². The summed E-state index contributed by atoms with van der Waals surface area (Å²) in [6.45, 7) is 0. The lowest BCUT2D eigenvalue weighted by Gasteiger charge is -2.22. The molecule has 1 aromatic rings. The summed E-state index contributed by atoms with van der Waals surface area (Å²) in [5, 5.41) is 33.4. The molecule has 0 unspecified atom stereocenters. The van der Waals surface area contributed by atoms with Gasteiger partial charge in [-0.05, 0) is 23.8 Å². The summed E-state index contributed by atoms with van der Waals surface area (Å²) in [7, 11) is 1.47. The number of nitro benzene ring substituents is 1. The SMILES string of the molecule is CN=C1C=C/C(=C\C=C2\C=CN=C(c3cccc([N+](=O)[O-])c3)N2O)C=C1[N+](=O)[O-]. The van der Waals surface area contributed by atoms with Crippen molar-refractivity contribution in [2.75, 3.05) is 7.05 Å². The third-order valence-corrected chi connectivity index (χ3v) is 4.09. The molecule has 10 heteroatoms. The summed E-state index contributed by atoms with van der Waals surface area (Å²) < 4.78 is 0. The van der Waals surface area contributed by atoms with Crippen LogP contribution in [0, 0.1) is 20.2 Å². The summed E-state index contributed by atoms with van der Waals surface area (Å²) in [4.78, 5) is 29.0. The van der Waals surface area contributed by atoms with Gasteiger partial charge < -0.3 is 0 Å². The highest BCUT2D eigenvalue weighted by Gasteiger charge is 2.21. The summed E-state index contributed by atoms with van der Waals surface area (Å²) in [5.41, 5.74) is 1.24. The van der Waals surface area contributed by atoms with Gasteiger partial charge in [-0.2, -0.15) is 0 Å². The van der Waals surface area contributed by atoms with Gasteiger partial charge in [-0.25, -0.2) is 10.1 Å². The van der Waals surface area contributed by atoms with Crippen molar-refractivity contribution in [3.8, 4) is 0 Å². The van der Waals surface area contributed by atoms with Crippen LogP contribution in [0.25, 0.3) is 0 Å². The normalized spacial score (nSPS) is 20.2. The van der Waals surface area contributed by atoms with Crippen LogP contribution in [0.2, 0.25) is 0 Å². The van der Waals surface area contributed by atoms with E-state index in [1.807, 2.05) is 0 Å². The number of allylic oxidation sites excluding steroid dienone is 7. The largest absolute Gasteiger partial charge is 0.294 e. The second-order valence-electron chi connectivity index (χ2n) is 5.87. The first kappa shape index (κ1) is 19.6. The van der Waals surface area contributed by atoms with Crippen molar-refractivity contribution in [2.45, 2.75) is 0 Å². The van der Waals surface area contributed by atoms with E-state index >= 15 is 0 Å². The summed E-state index contributed by atoms with van der Waals surface area (Å²) in [6, 6.07) is 5.73. The Kier molecular flexibility index (Phi) is 5.56. The molecular formula is C19H15N5O5. The van der Waals surface area contributed by atoms with Crippen LogP contribution in [0.1, 0.15) is 5.56 Å². The fourth-order valence-corrected chi connectivity index (χ4v) is 2.67. The van der Waals surface area contributed by atoms with Crippen LogP contribution in [-0.2, 0) is 0 Å². The number of rotatable bonds is 4. The maximum absolute atomic E-state index is 11.2. The number of benzene rings is 1. The molecule has 1 N–H and O–H groups in total. The van der Waals surface area contributed by atoms with Crippen molar-refractivity contribution in [1.82, 2.24) is 5.06 Å². The molecule has 146 valence electrons. The average Bonchev–Trinajstić information content (AvgIpc) is 2.72. The molecule has 1 aromatic carbocycles. The van der Waals surface area contributed by atoms with E-state index in [9.17, 15) is 25.4 Å². The Morgan fingerprint density at radius 2 is 1.93 bits per heavy atom. The molecule has 0 atom stereocenters. The molecule has 1 aliphatic carbocycles. The molecular weight excluding hydrogens is 378 g/mol. The Hall–Kier alpha value is -4.18. The van der Waals surface area contributed by atoms with E-state index in [-0.39, 0.29) is 22.9 Å². The number of nitrogens with zero attached hydrogens (tertiary/aromatic N) is 5. The minimum atomic E-state index is -0.534. The smallest absolute Gasteiger partial charge is 0.282 e. The Balaban J connectivity index is 1.89. The molecule has 0 bridgehead atoms. The highest BCUT2D eigenvalue weighted by atomic mass is 16.6. The van der Waals surface area contributed by atoms with Crippen molar-refractivity contribution in [3.05, 3.63) is 110 Å². The second kappa shape index (κ2) is 8.23. The fraction of sp³-hybridized carbons (Fsp3) is 0.0526. The number of nitro groups is 2. The standard InChI is InChI=1S/C19H15N5O5/c1-20-17-8-6-13(11-18(17)24(28)29)5-7-15-9-10-21-19(22(15)25)14-3-2-4-16(12-14)23(26)27/h2-12,25H,1H3/b13-5+,15-7-,20-17?. The van der Waals surface area contributed by atoms with Crippen molar-refractivity contribution in [2.24, 2.45) is 9.98 Å². The Labute approximate surface area is 164 Å². The number of hydrogen-bond donors (Lipinski definition) is 1. The lowest BCUT2D eigenvalue weighted by atomic mass is 10.0. The Bertz CT molecular complexity index is 1090. The molecule has 1 aliphatic heterocycles. The first-order chi connectivity index (χ1) is 13.9. The van der Waals surface area contributed by atoms with E-state index in [2.05, 4.69) is 9.98 Å². The van der Waals surface area contributed by atoms with Crippen molar-refractivity contribution >= 4 is 17.2 Å². The van der Waals surface area contributed by atoms with Crippen molar-refractivity contribution < 1.29 is 15.1 Å². The molecule has 0 amide bonds. The van der Waals surface area contributed by atoms with Gasteiger partial charge in [-0.3, -0.25) is 30.4 Å². The zero-order chi connectivity index (χ0) is 21.0. The highest BCUT2D eigenvalue weighted by Crippen LogP contribution is 2.21. The van der Waals surface area contributed by atoms with E-state index in [1.54, 1.807) is 24.3 Å². The summed E-state index contributed by atoms with van der Waals surface area (Å²) in [6.07, 6.45) is 10.7. The van der Waals surface area contributed by atoms with Gasteiger partial charge >= 0.3 is 0 Å². The fourth-order valence-electron chi connectivity index (χ4n) is 2.67. The van der Waals surface area contributed by atoms with Crippen LogP contribution in [0.5, 0.6) is 0 Å². The Morgan fingerprint density at radius 1 is 1.14 bits per heavy atom. The summed E-state index contributed by atoms with van der Waals surface area (Å²) >= 11 is 0. The Morgan fingerprint density at radius 3 is 2.62 bits per heavy atom. The quantitative estimate of drug-likeness (QED) is 0.617. The lowest BCUT2D eigenvalue weighted by molar-refractivity contribution is -0.415. The van der Waals surface area contributed by atoms with Crippen molar-refractivity contribution in [3.63, 3.8) is 0 Å². The predicted octanol–water partition coefficient (Wildman–Crippen LogP) is 3.17. The average molecular weight is 393 g/mol. The van der Waals surface area contributed by atoms with Crippen LogP contribution in [-0.4, -0.2) is 38.7 Å². The third kappa shape index (κ3) is 4.22. The minimum Gasteiger partial charge on any atom is -0.282 e.